The van der Waals surface area contributed by atoms with Gasteiger partial charge in [-0.2, -0.15) is 0 Å². The lowest BCUT2D eigenvalue weighted by atomic mass is 10.2. The number of aromatic nitrogens is 2. The molecule has 0 spiro atoms. The van der Waals surface area contributed by atoms with Crippen LogP contribution < -0.4 is 15.4 Å². The van der Waals surface area contributed by atoms with E-state index in [0.29, 0.717) is 24.8 Å². The molecule has 0 amide bonds. The van der Waals surface area contributed by atoms with E-state index in [-0.39, 0.29) is 35.9 Å². The number of ether oxygens (including phenoxy) is 1. The van der Waals surface area contributed by atoms with Crippen LogP contribution in [-0.2, 0) is 13.1 Å². The molecule has 2 aromatic carbocycles. The predicted molar refractivity (Wildman–Crippen MR) is 132 cm³/mol. The first kappa shape index (κ1) is 24.6. The Kier molecular flexibility index (Phi) is 10.3. The zero-order chi connectivity index (χ0) is 21.2. The van der Waals surface area contributed by atoms with Gasteiger partial charge in [0.15, 0.2) is 5.96 Å². The minimum atomic E-state index is -0.307. The summed E-state index contributed by atoms with van der Waals surface area (Å²) in [5.74, 6) is 1.80. The van der Waals surface area contributed by atoms with Gasteiger partial charge in [-0.3, -0.25) is 4.99 Å². The quantitative estimate of drug-likeness (QED) is 0.244. The van der Waals surface area contributed by atoms with E-state index in [4.69, 9.17) is 4.74 Å². The number of nitrogens with zero attached hydrogens (tertiary/aromatic N) is 3. The number of halogens is 2. The Hall–Kier alpha value is -2.62. The summed E-state index contributed by atoms with van der Waals surface area (Å²) in [6.07, 6.45) is 4.45. The Morgan fingerprint density at radius 2 is 1.97 bits per heavy atom. The molecule has 0 aliphatic rings. The third-order valence-electron chi connectivity index (χ3n) is 4.69. The van der Waals surface area contributed by atoms with Gasteiger partial charge in [0.1, 0.15) is 23.5 Å². The highest BCUT2D eigenvalue weighted by atomic mass is 127. The van der Waals surface area contributed by atoms with E-state index in [1.165, 1.54) is 17.7 Å². The van der Waals surface area contributed by atoms with Gasteiger partial charge in [0.05, 0.1) is 13.1 Å². The summed E-state index contributed by atoms with van der Waals surface area (Å²) in [7, 11) is 1.72. The smallest absolute Gasteiger partial charge is 0.191 e. The number of rotatable bonds is 9. The second-order valence-electron chi connectivity index (χ2n) is 6.87. The van der Waals surface area contributed by atoms with Crippen molar-refractivity contribution in [2.45, 2.75) is 32.5 Å². The van der Waals surface area contributed by atoms with Gasteiger partial charge in [0.2, 0.25) is 0 Å². The molecule has 0 radical (unpaired) electrons. The molecule has 0 saturated carbocycles. The monoisotopic (exact) mass is 537 g/mol. The van der Waals surface area contributed by atoms with E-state index >= 15 is 0 Å². The second kappa shape index (κ2) is 12.9. The van der Waals surface area contributed by atoms with Crippen LogP contribution in [0.2, 0.25) is 0 Å². The van der Waals surface area contributed by atoms with E-state index in [1.54, 1.807) is 25.4 Å². The zero-order valence-electron chi connectivity index (χ0n) is 17.8. The standard InChI is InChI=1S/C23H28FN5O.HI/c1-3-20(30-21-11-7-10-19(24)14-21)15-27-23(25-2)28-16-22-26-12-13-29(22)17-18-8-5-4-6-9-18;/h4-14,20H,3,15-17H2,1-2H3,(H2,25,27,28);1H. The first-order valence-corrected chi connectivity index (χ1v) is 10.1. The van der Waals surface area contributed by atoms with Crippen LogP contribution in [0.4, 0.5) is 4.39 Å². The summed E-state index contributed by atoms with van der Waals surface area (Å²) in [5, 5.41) is 6.56. The lowest BCUT2D eigenvalue weighted by molar-refractivity contribution is 0.198. The highest BCUT2D eigenvalue weighted by molar-refractivity contribution is 14.0. The maximum absolute atomic E-state index is 13.4. The molecule has 0 aliphatic heterocycles. The van der Waals surface area contributed by atoms with Crippen molar-refractivity contribution < 1.29 is 9.13 Å². The normalized spacial score (nSPS) is 12.0. The number of hydrogen-bond donors (Lipinski definition) is 2. The fourth-order valence-electron chi connectivity index (χ4n) is 3.03. The van der Waals surface area contributed by atoms with Crippen LogP contribution >= 0.6 is 24.0 Å². The fraction of sp³-hybridized carbons (Fsp3) is 0.304. The molecule has 3 aromatic rings. The number of nitrogens with one attached hydrogen (secondary N) is 2. The summed E-state index contributed by atoms with van der Waals surface area (Å²) in [6.45, 7) is 3.89. The van der Waals surface area contributed by atoms with Gasteiger partial charge in [-0.05, 0) is 24.1 Å². The molecule has 2 N–H and O–H groups in total. The van der Waals surface area contributed by atoms with Gasteiger partial charge in [-0.15, -0.1) is 24.0 Å². The topological polar surface area (TPSA) is 63.5 Å². The lowest BCUT2D eigenvalue weighted by Gasteiger charge is -2.20. The molecule has 31 heavy (non-hydrogen) atoms. The average molecular weight is 537 g/mol. The van der Waals surface area contributed by atoms with Gasteiger partial charge < -0.3 is 19.9 Å². The molecule has 8 heteroatoms. The number of imidazole rings is 1. The van der Waals surface area contributed by atoms with Gasteiger partial charge in [-0.1, -0.05) is 43.3 Å². The first-order valence-electron chi connectivity index (χ1n) is 10.1. The molecule has 1 unspecified atom stereocenters. The Bertz CT molecular complexity index is 948. The van der Waals surface area contributed by atoms with Gasteiger partial charge in [0.25, 0.3) is 0 Å². The molecule has 166 valence electrons. The van der Waals surface area contributed by atoms with Crippen LogP contribution in [0.15, 0.2) is 72.0 Å². The maximum atomic E-state index is 13.4. The Balaban J connectivity index is 0.00000341. The van der Waals surface area contributed by atoms with Gasteiger partial charge in [0, 0.05) is 32.1 Å². The van der Waals surface area contributed by atoms with E-state index in [9.17, 15) is 4.39 Å². The van der Waals surface area contributed by atoms with E-state index < -0.39 is 0 Å². The summed E-state index contributed by atoms with van der Waals surface area (Å²) in [5.41, 5.74) is 1.22. The Morgan fingerprint density at radius 1 is 1.16 bits per heavy atom. The van der Waals surface area contributed by atoms with Crippen molar-refractivity contribution in [1.29, 1.82) is 0 Å². The minimum Gasteiger partial charge on any atom is -0.489 e. The molecular formula is C23H29FIN5O. The van der Waals surface area contributed by atoms with E-state index in [2.05, 4.69) is 37.3 Å². The molecule has 0 bridgehead atoms. The summed E-state index contributed by atoms with van der Waals surface area (Å²) >= 11 is 0. The van der Waals surface area contributed by atoms with E-state index in [0.717, 1.165) is 18.8 Å². The first-order chi connectivity index (χ1) is 14.7. The largest absolute Gasteiger partial charge is 0.489 e. The van der Waals surface area contributed by atoms with Crippen LogP contribution in [0.25, 0.3) is 0 Å². The number of benzene rings is 2. The third-order valence-corrected chi connectivity index (χ3v) is 4.69. The number of guanidine groups is 1. The number of aliphatic imine (C=N–C) groups is 1. The Labute approximate surface area is 200 Å². The van der Waals surface area contributed by atoms with Crippen molar-refractivity contribution in [1.82, 2.24) is 20.2 Å². The number of hydrogen-bond acceptors (Lipinski definition) is 3. The molecule has 0 saturated heterocycles. The summed E-state index contributed by atoms with van der Waals surface area (Å²) in [4.78, 5) is 8.72. The van der Waals surface area contributed by atoms with Crippen molar-refractivity contribution in [3.63, 3.8) is 0 Å². The molecular weight excluding hydrogens is 508 g/mol. The molecule has 3 rings (SSSR count). The molecule has 1 atom stereocenters. The van der Waals surface area contributed by atoms with Crippen LogP contribution in [0.5, 0.6) is 5.75 Å². The molecule has 1 aromatic heterocycles. The SMILES string of the molecule is CCC(CNC(=NC)NCc1nccn1Cc1ccccc1)Oc1cccc(F)c1.I. The highest BCUT2D eigenvalue weighted by Crippen LogP contribution is 2.14. The van der Waals surface area contributed by atoms with Gasteiger partial charge >= 0.3 is 0 Å². The fourth-order valence-corrected chi connectivity index (χ4v) is 3.03. The predicted octanol–water partition coefficient (Wildman–Crippen LogP) is 4.21. The average Bonchev–Trinajstić information content (AvgIpc) is 3.20. The van der Waals surface area contributed by atoms with Crippen molar-refractivity contribution in [3.8, 4) is 5.75 Å². The van der Waals surface area contributed by atoms with E-state index in [1.807, 2.05) is 31.3 Å². The van der Waals surface area contributed by atoms with Crippen molar-refractivity contribution in [2.24, 2.45) is 4.99 Å². The highest BCUT2D eigenvalue weighted by Gasteiger charge is 2.11. The summed E-state index contributed by atoms with van der Waals surface area (Å²) in [6, 6.07) is 16.5. The zero-order valence-corrected chi connectivity index (χ0v) is 20.1. The molecule has 0 fully saturated rings. The van der Waals surface area contributed by atoms with Crippen molar-refractivity contribution in [2.75, 3.05) is 13.6 Å². The molecule has 0 aliphatic carbocycles. The molecule has 1 heterocycles. The van der Waals surface area contributed by atoms with Crippen molar-refractivity contribution in [3.05, 3.63) is 84.2 Å². The van der Waals surface area contributed by atoms with Crippen LogP contribution in [-0.4, -0.2) is 35.2 Å². The van der Waals surface area contributed by atoms with Crippen LogP contribution in [0, 0.1) is 5.82 Å². The second-order valence-corrected chi connectivity index (χ2v) is 6.87. The minimum absolute atomic E-state index is 0. The maximum Gasteiger partial charge on any atom is 0.191 e. The van der Waals surface area contributed by atoms with Gasteiger partial charge in [-0.25, -0.2) is 9.37 Å². The van der Waals surface area contributed by atoms with Crippen LogP contribution in [0.3, 0.4) is 0 Å². The van der Waals surface area contributed by atoms with Crippen molar-refractivity contribution >= 4 is 29.9 Å². The third kappa shape index (κ3) is 7.86. The Morgan fingerprint density at radius 3 is 2.68 bits per heavy atom. The molecule has 6 nitrogen and oxygen atoms in total. The summed E-state index contributed by atoms with van der Waals surface area (Å²) < 4.78 is 21.3. The van der Waals surface area contributed by atoms with Crippen LogP contribution in [0.1, 0.15) is 24.7 Å². The lowest BCUT2D eigenvalue weighted by Crippen LogP contribution is -2.42.